The van der Waals surface area contributed by atoms with Crippen molar-refractivity contribution in [3.8, 4) is 5.75 Å². The van der Waals surface area contributed by atoms with E-state index in [2.05, 4.69) is 17.4 Å². The summed E-state index contributed by atoms with van der Waals surface area (Å²) in [6.07, 6.45) is 4.09. The fraction of sp³-hybridized carbons (Fsp3) is 0.375. The molecule has 1 aliphatic carbocycles. The van der Waals surface area contributed by atoms with Crippen LogP contribution in [0.25, 0.3) is 10.8 Å². The molecule has 2 nitrogen and oxygen atoms in total. The van der Waals surface area contributed by atoms with Crippen LogP contribution < -0.4 is 5.32 Å². The van der Waals surface area contributed by atoms with Crippen LogP contribution in [0.4, 0.5) is 0 Å². The Bertz CT molecular complexity index is 546. The standard InChI is InChI=1S/C16H19NO/c18-16-9-8-13-6-1-2-7-14(13)15(16)11-17-10-12-4-3-5-12/h1-2,6-9,12,17-18H,3-5,10-11H2. The third-order valence-electron chi connectivity index (χ3n) is 3.98. The van der Waals surface area contributed by atoms with E-state index in [-0.39, 0.29) is 0 Å². The van der Waals surface area contributed by atoms with Gasteiger partial charge in [-0.25, -0.2) is 0 Å². The topological polar surface area (TPSA) is 32.3 Å². The summed E-state index contributed by atoms with van der Waals surface area (Å²) in [6, 6.07) is 12.0. The van der Waals surface area contributed by atoms with Crippen LogP contribution in [0.1, 0.15) is 24.8 Å². The predicted octanol–water partition coefficient (Wildman–Crippen LogP) is 3.44. The van der Waals surface area contributed by atoms with Crippen LogP contribution in [0, 0.1) is 5.92 Å². The predicted molar refractivity (Wildman–Crippen MR) is 74.7 cm³/mol. The zero-order valence-electron chi connectivity index (χ0n) is 10.5. The average Bonchev–Trinajstić information content (AvgIpc) is 2.34. The molecule has 1 saturated carbocycles. The first-order valence-corrected chi connectivity index (χ1v) is 6.75. The molecule has 0 aromatic heterocycles. The summed E-state index contributed by atoms with van der Waals surface area (Å²) >= 11 is 0. The van der Waals surface area contributed by atoms with E-state index in [1.165, 1.54) is 24.6 Å². The van der Waals surface area contributed by atoms with Gasteiger partial charge >= 0.3 is 0 Å². The number of phenols is 1. The molecular formula is C16H19NO. The highest BCUT2D eigenvalue weighted by Crippen LogP contribution is 2.28. The second kappa shape index (κ2) is 4.99. The van der Waals surface area contributed by atoms with E-state index < -0.39 is 0 Å². The molecule has 18 heavy (non-hydrogen) atoms. The van der Waals surface area contributed by atoms with Gasteiger partial charge in [0.15, 0.2) is 0 Å². The summed E-state index contributed by atoms with van der Waals surface area (Å²) in [5.41, 5.74) is 1.02. The Balaban J connectivity index is 1.78. The smallest absolute Gasteiger partial charge is 0.120 e. The van der Waals surface area contributed by atoms with E-state index in [9.17, 15) is 5.11 Å². The Morgan fingerprint density at radius 3 is 2.72 bits per heavy atom. The Morgan fingerprint density at radius 2 is 1.94 bits per heavy atom. The van der Waals surface area contributed by atoms with Gasteiger partial charge in [-0.1, -0.05) is 36.8 Å². The van der Waals surface area contributed by atoms with Gasteiger partial charge < -0.3 is 10.4 Å². The summed E-state index contributed by atoms with van der Waals surface area (Å²) in [5.74, 6) is 1.25. The SMILES string of the molecule is Oc1ccc2ccccc2c1CNCC1CCC1. The lowest BCUT2D eigenvalue weighted by atomic mass is 9.85. The highest BCUT2D eigenvalue weighted by molar-refractivity contribution is 5.87. The molecule has 1 aliphatic rings. The summed E-state index contributed by atoms with van der Waals surface area (Å²) in [4.78, 5) is 0. The molecule has 2 N–H and O–H groups in total. The van der Waals surface area contributed by atoms with Crippen LogP contribution in [0.5, 0.6) is 5.75 Å². The number of hydrogen-bond acceptors (Lipinski definition) is 2. The van der Waals surface area contributed by atoms with Gasteiger partial charge in [0.1, 0.15) is 5.75 Å². The molecular weight excluding hydrogens is 222 g/mol. The van der Waals surface area contributed by atoms with Crippen LogP contribution in [0.15, 0.2) is 36.4 Å². The summed E-state index contributed by atoms with van der Waals surface area (Å²) in [6.45, 7) is 1.83. The minimum Gasteiger partial charge on any atom is -0.508 e. The zero-order valence-corrected chi connectivity index (χ0v) is 10.5. The van der Waals surface area contributed by atoms with E-state index in [4.69, 9.17) is 0 Å². The number of fused-ring (bicyclic) bond motifs is 1. The highest BCUT2D eigenvalue weighted by Gasteiger charge is 2.16. The van der Waals surface area contributed by atoms with Gasteiger partial charge in [0, 0.05) is 12.1 Å². The van der Waals surface area contributed by atoms with Crippen molar-refractivity contribution in [2.45, 2.75) is 25.8 Å². The number of aromatic hydroxyl groups is 1. The lowest BCUT2D eigenvalue weighted by molar-refractivity contribution is 0.301. The van der Waals surface area contributed by atoms with Gasteiger partial charge in [0.2, 0.25) is 0 Å². The van der Waals surface area contributed by atoms with Crippen LogP contribution in [0.3, 0.4) is 0 Å². The molecule has 0 atom stereocenters. The lowest BCUT2D eigenvalue weighted by Crippen LogP contribution is -2.26. The number of hydrogen-bond donors (Lipinski definition) is 2. The molecule has 0 spiro atoms. The van der Waals surface area contributed by atoms with Gasteiger partial charge in [0.05, 0.1) is 0 Å². The van der Waals surface area contributed by atoms with Crippen molar-refractivity contribution in [2.24, 2.45) is 5.92 Å². The maximum atomic E-state index is 10.0. The molecule has 0 heterocycles. The Labute approximate surface area is 108 Å². The van der Waals surface area contributed by atoms with Crippen LogP contribution in [-0.4, -0.2) is 11.7 Å². The van der Waals surface area contributed by atoms with Crippen molar-refractivity contribution in [3.63, 3.8) is 0 Å². The summed E-state index contributed by atoms with van der Waals surface area (Å²) in [5, 5.41) is 15.8. The van der Waals surface area contributed by atoms with Gasteiger partial charge in [0.25, 0.3) is 0 Å². The molecule has 0 bridgehead atoms. The van der Waals surface area contributed by atoms with Crippen LogP contribution >= 0.6 is 0 Å². The third kappa shape index (κ3) is 2.21. The first-order chi connectivity index (χ1) is 8.84. The van der Waals surface area contributed by atoms with Crippen molar-refractivity contribution in [1.29, 1.82) is 0 Å². The number of benzene rings is 2. The minimum absolute atomic E-state index is 0.398. The molecule has 0 radical (unpaired) electrons. The minimum atomic E-state index is 0.398. The Hall–Kier alpha value is -1.54. The van der Waals surface area contributed by atoms with E-state index in [0.717, 1.165) is 30.0 Å². The van der Waals surface area contributed by atoms with E-state index in [1.807, 2.05) is 18.2 Å². The summed E-state index contributed by atoms with van der Waals surface area (Å²) < 4.78 is 0. The quantitative estimate of drug-likeness (QED) is 0.859. The molecule has 0 saturated heterocycles. The lowest BCUT2D eigenvalue weighted by Gasteiger charge is -2.25. The van der Waals surface area contributed by atoms with E-state index >= 15 is 0 Å². The molecule has 2 aromatic carbocycles. The zero-order chi connectivity index (χ0) is 12.4. The largest absolute Gasteiger partial charge is 0.508 e. The highest BCUT2D eigenvalue weighted by atomic mass is 16.3. The van der Waals surface area contributed by atoms with Crippen molar-refractivity contribution >= 4 is 10.8 Å². The molecule has 94 valence electrons. The molecule has 0 unspecified atom stereocenters. The van der Waals surface area contributed by atoms with Crippen LogP contribution in [-0.2, 0) is 6.54 Å². The van der Waals surface area contributed by atoms with Gasteiger partial charge in [-0.2, -0.15) is 0 Å². The maximum absolute atomic E-state index is 10.0. The normalized spacial score (nSPS) is 15.8. The van der Waals surface area contributed by atoms with Crippen molar-refractivity contribution in [2.75, 3.05) is 6.54 Å². The Kier molecular flexibility index (Phi) is 3.20. The molecule has 0 amide bonds. The average molecular weight is 241 g/mol. The van der Waals surface area contributed by atoms with Crippen molar-refractivity contribution in [3.05, 3.63) is 42.0 Å². The number of rotatable bonds is 4. The molecule has 2 heteroatoms. The molecule has 2 aromatic rings. The summed E-state index contributed by atoms with van der Waals surface area (Å²) in [7, 11) is 0. The second-order valence-electron chi connectivity index (χ2n) is 5.21. The fourth-order valence-corrected chi connectivity index (χ4v) is 2.61. The van der Waals surface area contributed by atoms with Crippen molar-refractivity contribution < 1.29 is 5.11 Å². The Morgan fingerprint density at radius 1 is 1.11 bits per heavy atom. The van der Waals surface area contributed by atoms with Crippen LogP contribution in [0.2, 0.25) is 0 Å². The fourth-order valence-electron chi connectivity index (χ4n) is 2.61. The monoisotopic (exact) mass is 241 g/mol. The first kappa shape index (κ1) is 11.5. The molecule has 0 aliphatic heterocycles. The van der Waals surface area contributed by atoms with Gasteiger partial charge in [-0.3, -0.25) is 0 Å². The third-order valence-corrected chi connectivity index (χ3v) is 3.98. The van der Waals surface area contributed by atoms with E-state index in [0.29, 0.717) is 5.75 Å². The van der Waals surface area contributed by atoms with Gasteiger partial charge in [-0.15, -0.1) is 0 Å². The second-order valence-corrected chi connectivity index (χ2v) is 5.21. The number of phenolic OH excluding ortho intramolecular Hbond substituents is 1. The van der Waals surface area contributed by atoms with Crippen molar-refractivity contribution in [1.82, 2.24) is 5.32 Å². The first-order valence-electron chi connectivity index (χ1n) is 6.75. The maximum Gasteiger partial charge on any atom is 0.120 e. The molecule has 3 rings (SSSR count). The number of nitrogens with one attached hydrogen (secondary N) is 1. The molecule has 1 fully saturated rings. The van der Waals surface area contributed by atoms with Gasteiger partial charge in [-0.05, 0) is 42.1 Å². The van der Waals surface area contributed by atoms with E-state index in [1.54, 1.807) is 6.07 Å².